The van der Waals surface area contributed by atoms with Crippen molar-refractivity contribution in [1.82, 2.24) is 9.80 Å². The molecular weight excluding hydrogens is 204 g/mol. The summed E-state index contributed by atoms with van der Waals surface area (Å²) in [6.07, 6.45) is 0. The fraction of sp³-hybridized carbons (Fsp3) is 0.750. The summed E-state index contributed by atoms with van der Waals surface area (Å²) in [5.41, 5.74) is 1.01. The van der Waals surface area contributed by atoms with E-state index < -0.39 is 0 Å². The van der Waals surface area contributed by atoms with Gasteiger partial charge in [0.05, 0.1) is 6.54 Å². The highest BCUT2D eigenvalue weighted by Gasteiger charge is 2.28. The Kier molecular flexibility index (Phi) is 4.96. The maximum absolute atomic E-state index is 11.9. The number of amides is 1. The second kappa shape index (κ2) is 6.01. The third-order valence-corrected chi connectivity index (χ3v) is 2.85. The SMILES string of the molecule is C=C(C)CN(CC)C(=O)CN1CC(CO)C1. The number of aliphatic hydroxyl groups excluding tert-OH is 1. The summed E-state index contributed by atoms with van der Waals surface area (Å²) in [6.45, 7) is 11.5. The molecule has 1 heterocycles. The molecule has 0 aromatic heterocycles. The summed E-state index contributed by atoms with van der Waals surface area (Å²) in [5, 5.41) is 8.88. The van der Waals surface area contributed by atoms with Gasteiger partial charge in [-0.3, -0.25) is 9.69 Å². The van der Waals surface area contributed by atoms with E-state index in [9.17, 15) is 4.79 Å². The third-order valence-electron chi connectivity index (χ3n) is 2.85. The standard InChI is InChI=1S/C12H22N2O2/c1-4-14(5-10(2)3)12(16)8-13-6-11(7-13)9-15/h11,15H,2,4-9H2,1,3H3. The van der Waals surface area contributed by atoms with Gasteiger partial charge in [0.2, 0.25) is 5.91 Å². The lowest BCUT2D eigenvalue weighted by atomic mass is 10.0. The number of hydrogen-bond donors (Lipinski definition) is 1. The van der Waals surface area contributed by atoms with Gasteiger partial charge in [0.25, 0.3) is 0 Å². The molecule has 4 nitrogen and oxygen atoms in total. The minimum absolute atomic E-state index is 0.155. The van der Waals surface area contributed by atoms with E-state index in [-0.39, 0.29) is 12.5 Å². The Labute approximate surface area is 97.5 Å². The van der Waals surface area contributed by atoms with Gasteiger partial charge in [-0.25, -0.2) is 0 Å². The zero-order valence-electron chi connectivity index (χ0n) is 10.3. The van der Waals surface area contributed by atoms with Gasteiger partial charge in [-0.2, -0.15) is 0 Å². The number of aliphatic hydroxyl groups is 1. The number of likely N-dealkylation sites (N-methyl/N-ethyl adjacent to an activating group) is 1. The number of carbonyl (C=O) groups is 1. The fourth-order valence-electron chi connectivity index (χ4n) is 1.91. The van der Waals surface area contributed by atoms with Gasteiger partial charge in [-0.15, -0.1) is 0 Å². The van der Waals surface area contributed by atoms with Gasteiger partial charge < -0.3 is 10.0 Å². The predicted octanol–water partition coefficient (Wildman–Crippen LogP) is 0.335. The zero-order chi connectivity index (χ0) is 12.1. The summed E-state index contributed by atoms with van der Waals surface area (Å²) in [5.74, 6) is 0.519. The highest BCUT2D eigenvalue weighted by atomic mass is 16.3. The number of nitrogens with zero attached hydrogens (tertiary/aromatic N) is 2. The molecule has 1 amide bonds. The van der Waals surface area contributed by atoms with E-state index in [0.717, 1.165) is 25.2 Å². The van der Waals surface area contributed by atoms with Crippen molar-refractivity contribution in [1.29, 1.82) is 0 Å². The van der Waals surface area contributed by atoms with E-state index in [1.165, 1.54) is 0 Å². The van der Waals surface area contributed by atoms with Crippen LogP contribution in [0.5, 0.6) is 0 Å². The molecule has 0 unspecified atom stereocenters. The van der Waals surface area contributed by atoms with Gasteiger partial charge in [-0.05, 0) is 13.8 Å². The molecule has 4 heteroatoms. The summed E-state index contributed by atoms with van der Waals surface area (Å²) < 4.78 is 0. The monoisotopic (exact) mass is 226 g/mol. The molecule has 0 saturated carbocycles. The highest BCUT2D eigenvalue weighted by molar-refractivity contribution is 5.78. The second-order valence-corrected chi connectivity index (χ2v) is 4.61. The van der Waals surface area contributed by atoms with Gasteiger partial charge >= 0.3 is 0 Å². The van der Waals surface area contributed by atoms with E-state index >= 15 is 0 Å². The molecule has 1 saturated heterocycles. The number of hydrogen-bond acceptors (Lipinski definition) is 3. The lowest BCUT2D eigenvalue weighted by molar-refractivity contribution is -0.133. The normalized spacial score (nSPS) is 16.9. The van der Waals surface area contributed by atoms with E-state index in [0.29, 0.717) is 19.0 Å². The molecule has 0 aromatic rings. The van der Waals surface area contributed by atoms with E-state index in [1.807, 2.05) is 18.7 Å². The van der Waals surface area contributed by atoms with Crippen LogP contribution in [0.1, 0.15) is 13.8 Å². The second-order valence-electron chi connectivity index (χ2n) is 4.61. The Bertz CT molecular complexity index is 260. The van der Waals surface area contributed by atoms with Crippen molar-refractivity contribution in [3.63, 3.8) is 0 Å². The molecule has 1 fully saturated rings. The largest absolute Gasteiger partial charge is 0.396 e. The van der Waals surface area contributed by atoms with Gasteiger partial charge in [0.15, 0.2) is 0 Å². The van der Waals surface area contributed by atoms with Crippen LogP contribution in [0, 0.1) is 5.92 Å². The Morgan fingerprint density at radius 2 is 2.19 bits per heavy atom. The highest BCUT2D eigenvalue weighted by Crippen LogP contribution is 2.14. The Hall–Kier alpha value is -0.870. The first-order chi connectivity index (χ1) is 7.56. The van der Waals surface area contributed by atoms with Crippen molar-refractivity contribution in [2.24, 2.45) is 5.92 Å². The van der Waals surface area contributed by atoms with Crippen LogP contribution >= 0.6 is 0 Å². The molecule has 92 valence electrons. The molecule has 0 aromatic carbocycles. The quantitative estimate of drug-likeness (QED) is 0.664. The van der Waals surface area contributed by atoms with Crippen LogP contribution in [0.4, 0.5) is 0 Å². The Morgan fingerprint density at radius 1 is 1.56 bits per heavy atom. The first-order valence-corrected chi connectivity index (χ1v) is 5.82. The van der Waals surface area contributed by atoms with Crippen LogP contribution in [0.2, 0.25) is 0 Å². The smallest absolute Gasteiger partial charge is 0.237 e. The van der Waals surface area contributed by atoms with Crippen LogP contribution in [-0.2, 0) is 4.79 Å². The average molecular weight is 226 g/mol. The van der Waals surface area contributed by atoms with E-state index in [4.69, 9.17) is 5.11 Å². The predicted molar refractivity (Wildman–Crippen MR) is 64.1 cm³/mol. The van der Waals surface area contributed by atoms with Gasteiger partial charge in [0, 0.05) is 38.7 Å². The van der Waals surface area contributed by atoms with Crippen molar-refractivity contribution in [3.05, 3.63) is 12.2 Å². The van der Waals surface area contributed by atoms with Crippen LogP contribution < -0.4 is 0 Å². The van der Waals surface area contributed by atoms with Crippen LogP contribution in [-0.4, -0.2) is 60.1 Å². The maximum Gasteiger partial charge on any atom is 0.237 e. The summed E-state index contributed by atoms with van der Waals surface area (Å²) >= 11 is 0. The van der Waals surface area contributed by atoms with Crippen LogP contribution in [0.15, 0.2) is 12.2 Å². The van der Waals surface area contributed by atoms with Crippen molar-refractivity contribution in [2.75, 3.05) is 39.3 Å². The molecule has 0 atom stereocenters. The summed E-state index contributed by atoms with van der Waals surface area (Å²) in [7, 11) is 0. The molecule has 16 heavy (non-hydrogen) atoms. The minimum atomic E-state index is 0.155. The summed E-state index contributed by atoms with van der Waals surface area (Å²) in [6, 6.07) is 0. The van der Waals surface area contributed by atoms with E-state index in [2.05, 4.69) is 11.5 Å². The molecule has 0 aliphatic carbocycles. The molecule has 1 rings (SSSR count). The number of rotatable bonds is 6. The minimum Gasteiger partial charge on any atom is -0.396 e. The first kappa shape index (κ1) is 13.2. The van der Waals surface area contributed by atoms with Crippen LogP contribution in [0.3, 0.4) is 0 Å². The van der Waals surface area contributed by atoms with Gasteiger partial charge in [0.1, 0.15) is 0 Å². The number of likely N-dealkylation sites (tertiary alicyclic amines) is 1. The lowest BCUT2D eigenvalue weighted by Gasteiger charge is -2.38. The molecule has 0 spiro atoms. The molecule has 1 aliphatic heterocycles. The third kappa shape index (κ3) is 3.61. The Balaban J connectivity index is 2.30. The van der Waals surface area contributed by atoms with Crippen molar-refractivity contribution in [2.45, 2.75) is 13.8 Å². The Morgan fingerprint density at radius 3 is 2.62 bits per heavy atom. The fourth-order valence-corrected chi connectivity index (χ4v) is 1.91. The average Bonchev–Trinajstić information content (AvgIpc) is 2.18. The molecule has 0 radical (unpaired) electrons. The van der Waals surface area contributed by atoms with Crippen LogP contribution in [0.25, 0.3) is 0 Å². The summed E-state index contributed by atoms with van der Waals surface area (Å²) in [4.78, 5) is 15.8. The first-order valence-electron chi connectivity index (χ1n) is 5.82. The van der Waals surface area contributed by atoms with Gasteiger partial charge in [-0.1, -0.05) is 12.2 Å². The number of carbonyl (C=O) groups excluding carboxylic acids is 1. The molecule has 1 aliphatic rings. The van der Waals surface area contributed by atoms with Crippen molar-refractivity contribution < 1.29 is 9.90 Å². The molecule has 0 bridgehead atoms. The van der Waals surface area contributed by atoms with E-state index in [1.54, 1.807) is 0 Å². The molecular formula is C12H22N2O2. The zero-order valence-corrected chi connectivity index (χ0v) is 10.3. The molecule has 1 N–H and O–H groups in total. The lowest BCUT2D eigenvalue weighted by Crippen LogP contribution is -2.52. The maximum atomic E-state index is 11.9. The topological polar surface area (TPSA) is 43.8 Å². The van der Waals surface area contributed by atoms with Crippen molar-refractivity contribution >= 4 is 5.91 Å². The van der Waals surface area contributed by atoms with Crippen molar-refractivity contribution in [3.8, 4) is 0 Å².